The largest absolute Gasteiger partial charge is 0.305 e. The summed E-state index contributed by atoms with van der Waals surface area (Å²) in [6.45, 7) is 9.34. The van der Waals surface area contributed by atoms with Gasteiger partial charge in [-0.3, -0.25) is 0 Å². The van der Waals surface area contributed by atoms with E-state index in [1.165, 1.54) is 16.7 Å². The minimum Gasteiger partial charge on any atom is -0.305 e. The number of nitrogens with zero attached hydrogens (tertiary/aromatic N) is 1. The van der Waals surface area contributed by atoms with Crippen molar-refractivity contribution in [3.05, 3.63) is 34.9 Å². The Bertz CT molecular complexity index is 264. The summed E-state index contributed by atoms with van der Waals surface area (Å²) in [6, 6.07) is 6.62. The Balaban J connectivity index is 0.000000791. The van der Waals surface area contributed by atoms with Crippen LogP contribution in [0.4, 0.5) is 0 Å². The predicted octanol–water partition coefficient (Wildman–Crippen LogP) is 3.39. The van der Waals surface area contributed by atoms with Crippen molar-refractivity contribution in [2.24, 2.45) is 0 Å². The molecule has 1 aromatic rings. The maximum Gasteiger partial charge on any atom is 0.0230 e. The van der Waals surface area contributed by atoms with Crippen molar-refractivity contribution in [2.75, 3.05) is 14.1 Å². The van der Waals surface area contributed by atoms with Gasteiger partial charge in [0.25, 0.3) is 0 Å². The SMILES string of the molecule is CC.Cc1ccc(CN(C)C)c(C)c1. The first kappa shape index (κ1) is 13.2. The molecule has 0 aromatic heterocycles. The normalized spacial score (nSPS) is 9.64. The Labute approximate surface area is 88.8 Å². The molecule has 0 amide bonds. The first-order valence-electron chi connectivity index (χ1n) is 5.30. The van der Waals surface area contributed by atoms with Gasteiger partial charge >= 0.3 is 0 Å². The average molecular weight is 193 g/mol. The number of aryl methyl sites for hydroxylation is 2. The lowest BCUT2D eigenvalue weighted by Crippen LogP contribution is -2.11. The second-order valence-electron chi connectivity index (χ2n) is 3.67. The highest BCUT2D eigenvalue weighted by Gasteiger charge is 1.98. The summed E-state index contributed by atoms with van der Waals surface area (Å²) in [7, 11) is 4.19. The van der Waals surface area contributed by atoms with Gasteiger partial charge in [-0.2, -0.15) is 0 Å². The molecule has 0 spiro atoms. The van der Waals surface area contributed by atoms with E-state index < -0.39 is 0 Å². The second kappa shape index (κ2) is 6.61. The van der Waals surface area contributed by atoms with Crippen LogP contribution < -0.4 is 0 Å². The van der Waals surface area contributed by atoms with E-state index in [1.807, 2.05) is 13.8 Å². The van der Waals surface area contributed by atoms with Crippen molar-refractivity contribution >= 4 is 0 Å². The number of hydrogen-bond acceptors (Lipinski definition) is 1. The monoisotopic (exact) mass is 193 g/mol. The fourth-order valence-corrected chi connectivity index (χ4v) is 1.36. The molecule has 0 saturated heterocycles. The van der Waals surface area contributed by atoms with Gasteiger partial charge in [-0.25, -0.2) is 0 Å². The fourth-order valence-electron chi connectivity index (χ4n) is 1.36. The summed E-state index contributed by atoms with van der Waals surface area (Å²) in [6.07, 6.45) is 0. The number of benzene rings is 1. The number of hydrogen-bond donors (Lipinski definition) is 0. The van der Waals surface area contributed by atoms with Gasteiger partial charge in [0.05, 0.1) is 0 Å². The van der Waals surface area contributed by atoms with Crippen LogP contribution in [0.3, 0.4) is 0 Å². The Hall–Kier alpha value is -0.820. The second-order valence-corrected chi connectivity index (χ2v) is 3.67. The summed E-state index contributed by atoms with van der Waals surface area (Å²) in [5.41, 5.74) is 4.16. The predicted molar refractivity (Wildman–Crippen MR) is 64.7 cm³/mol. The van der Waals surface area contributed by atoms with Crippen LogP contribution in [0.5, 0.6) is 0 Å². The van der Waals surface area contributed by atoms with Crippen molar-refractivity contribution < 1.29 is 0 Å². The third-order valence-corrected chi connectivity index (χ3v) is 1.98. The molecule has 1 heteroatoms. The van der Waals surface area contributed by atoms with Crippen LogP contribution in [-0.4, -0.2) is 19.0 Å². The molecule has 0 N–H and O–H groups in total. The zero-order valence-electron chi connectivity index (χ0n) is 10.4. The first-order valence-corrected chi connectivity index (χ1v) is 5.30. The van der Waals surface area contributed by atoms with E-state index in [0.29, 0.717) is 0 Å². The minimum atomic E-state index is 1.03. The minimum absolute atomic E-state index is 1.03. The third kappa shape index (κ3) is 4.43. The van der Waals surface area contributed by atoms with Crippen molar-refractivity contribution in [2.45, 2.75) is 34.2 Å². The molecule has 0 aliphatic carbocycles. The van der Waals surface area contributed by atoms with E-state index in [9.17, 15) is 0 Å². The summed E-state index contributed by atoms with van der Waals surface area (Å²) >= 11 is 0. The van der Waals surface area contributed by atoms with Gasteiger partial charge in [-0.1, -0.05) is 37.6 Å². The van der Waals surface area contributed by atoms with Crippen molar-refractivity contribution in [1.82, 2.24) is 4.90 Å². The first-order chi connectivity index (χ1) is 6.59. The molecule has 80 valence electrons. The molecular weight excluding hydrogens is 170 g/mol. The Morgan fingerprint density at radius 1 is 1.07 bits per heavy atom. The molecule has 0 radical (unpaired) electrons. The Kier molecular flexibility index (Phi) is 6.22. The van der Waals surface area contributed by atoms with Gasteiger partial charge in [0.1, 0.15) is 0 Å². The average Bonchev–Trinajstić information content (AvgIpc) is 2.13. The van der Waals surface area contributed by atoms with Gasteiger partial charge in [-0.15, -0.1) is 0 Å². The van der Waals surface area contributed by atoms with E-state index >= 15 is 0 Å². The molecule has 0 unspecified atom stereocenters. The summed E-state index contributed by atoms with van der Waals surface area (Å²) in [4.78, 5) is 2.19. The Morgan fingerprint density at radius 3 is 2.07 bits per heavy atom. The Morgan fingerprint density at radius 2 is 1.64 bits per heavy atom. The van der Waals surface area contributed by atoms with Gasteiger partial charge in [0, 0.05) is 6.54 Å². The van der Waals surface area contributed by atoms with Crippen molar-refractivity contribution in [1.29, 1.82) is 0 Å². The van der Waals surface area contributed by atoms with E-state index in [2.05, 4.69) is 51.0 Å². The molecule has 0 bridgehead atoms. The maximum absolute atomic E-state index is 2.23. The van der Waals surface area contributed by atoms with Crippen molar-refractivity contribution in [3.63, 3.8) is 0 Å². The fraction of sp³-hybridized carbons (Fsp3) is 0.538. The molecule has 1 rings (SSSR count). The lowest BCUT2D eigenvalue weighted by molar-refractivity contribution is 0.401. The standard InChI is InChI=1S/C11H17N.C2H6/c1-9-5-6-11(8-12(3)4)10(2)7-9;1-2/h5-7H,8H2,1-4H3;1-2H3. The third-order valence-electron chi connectivity index (χ3n) is 1.98. The van der Waals surface area contributed by atoms with Crippen molar-refractivity contribution in [3.8, 4) is 0 Å². The summed E-state index contributed by atoms with van der Waals surface area (Å²) in [5.74, 6) is 0. The van der Waals surface area contributed by atoms with Crippen LogP contribution in [0, 0.1) is 13.8 Å². The molecule has 1 nitrogen and oxygen atoms in total. The maximum atomic E-state index is 2.23. The van der Waals surface area contributed by atoms with Crippen LogP contribution >= 0.6 is 0 Å². The van der Waals surface area contributed by atoms with Gasteiger partial charge in [-0.05, 0) is 39.1 Å². The van der Waals surface area contributed by atoms with Crippen LogP contribution in [-0.2, 0) is 6.54 Å². The van der Waals surface area contributed by atoms with E-state index in [-0.39, 0.29) is 0 Å². The lowest BCUT2D eigenvalue weighted by Gasteiger charge is -2.12. The highest BCUT2D eigenvalue weighted by atomic mass is 15.0. The molecule has 0 fully saturated rings. The molecular formula is C13H23N. The van der Waals surface area contributed by atoms with Crippen LogP contribution in [0.1, 0.15) is 30.5 Å². The molecule has 1 aromatic carbocycles. The van der Waals surface area contributed by atoms with Crippen LogP contribution in [0.2, 0.25) is 0 Å². The molecule has 0 aliphatic rings. The van der Waals surface area contributed by atoms with Gasteiger partial charge in [0.2, 0.25) is 0 Å². The molecule has 0 heterocycles. The van der Waals surface area contributed by atoms with Gasteiger partial charge in [0.15, 0.2) is 0 Å². The number of rotatable bonds is 2. The van der Waals surface area contributed by atoms with E-state index in [0.717, 1.165) is 6.54 Å². The summed E-state index contributed by atoms with van der Waals surface area (Å²) < 4.78 is 0. The quantitative estimate of drug-likeness (QED) is 0.696. The molecule has 0 saturated carbocycles. The highest BCUT2D eigenvalue weighted by Crippen LogP contribution is 2.11. The van der Waals surface area contributed by atoms with Crippen LogP contribution in [0.25, 0.3) is 0 Å². The highest BCUT2D eigenvalue weighted by molar-refractivity contribution is 5.30. The molecule has 0 atom stereocenters. The van der Waals surface area contributed by atoms with E-state index in [1.54, 1.807) is 0 Å². The molecule has 0 aliphatic heterocycles. The zero-order chi connectivity index (χ0) is 11.1. The molecule has 14 heavy (non-hydrogen) atoms. The van der Waals surface area contributed by atoms with E-state index in [4.69, 9.17) is 0 Å². The summed E-state index contributed by atoms with van der Waals surface area (Å²) in [5, 5.41) is 0. The lowest BCUT2D eigenvalue weighted by atomic mass is 10.1. The topological polar surface area (TPSA) is 3.24 Å². The van der Waals surface area contributed by atoms with Gasteiger partial charge < -0.3 is 4.90 Å². The van der Waals surface area contributed by atoms with Crippen LogP contribution in [0.15, 0.2) is 18.2 Å². The zero-order valence-corrected chi connectivity index (χ0v) is 10.4. The smallest absolute Gasteiger partial charge is 0.0230 e.